The number of likely N-dealkylation sites (tertiary alicyclic amines) is 1. The van der Waals surface area contributed by atoms with Gasteiger partial charge in [0.05, 0.1) is 0 Å². The van der Waals surface area contributed by atoms with E-state index < -0.39 is 11.6 Å². The number of benzene rings is 1. The first-order chi connectivity index (χ1) is 16.0. The summed E-state index contributed by atoms with van der Waals surface area (Å²) in [6.07, 6.45) is 3.59. The van der Waals surface area contributed by atoms with Gasteiger partial charge in [0.25, 0.3) is 0 Å². The zero-order valence-corrected chi connectivity index (χ0v) is 22.1. The lowest BCUT2D eigenvalue weighted by Gasteiger charge is -2.38. The Morgan fingerprint density at radius 2 is 1.71 bits per heavy atom. The Labute approximate surface area is 205 Å². The number of ketones is 1. The van der Waals surface area contributed by atoms with Crippen LogP contribution >= 0.6 is 0 Å². The van der Waals surface area contributed by atoms with E-state index in [1.165, 1.54) is 6.92 Å². The van der Waals surface area contributed by atoms with Crippen molar-refractivity contribution >= 4 is 17.7 Å². The summed E-state index contributed by atoms with van der Waals surface area (Å²) in [6.45, 7) is 13.8. The summed E-state index contributed by atoms with van der Waals surface area (Å²) in [5.41, 5.74) is 0.444. The number of nitrogens with one attached hydrogen (secondary N) is 1. The highest BCUT2D eigenvalue weighted by molar-refractivity contribution is 5.85. The van der Waals surface area contributed by atoms with Crippen molar-refractivity contribution in [1.29, 1.82) is 0 Å². The molecule has 0 saturated carbocycles. The molecule has 0 unspecified atom stereocenters. The van der Waals surface area contributed by atoms with Crippen LogP contribution in [0.4, 0.5) is 0 Å². The maximum Gasteiger partial charge on any atom is 0.323 e. The topological polar surface area (TPSA) is 75.7 Å². The summed E-state index contributed by atoms with van der Waals surface area (Å²) in [6, 6.07) is 8.96. The molecular weight excluding hydrogens is 428 g/mol. The van der Waals surface area contributed by atoms with Gasteiger partial charge in [-0.3, -0.25) is 19.3 Å². The van der Waals surface area contributed by atoms with Gasteiger partial charge >= 0.3 is 5.97 Å². The second-order valence-electron chi connectivity index (χ2n) is 10.6. The largest absolute Gasteiger partial charge is 0.459 e. The Hall–Kier alpha value is -2.21. The minimum atomic E-state index is -0.621. The monoisotopic (exact) mass is 472 g/mol. The van der Waals surface area contributed by atoms with Crippen molar-refractivity contribution in [1.82, 2.24) is 10.2 Å². The highest BCUT2D eigenvalue weighted by atomic mass is 16.6. The van der Waals surface area contributed by atoms with E-state index in [1.807, 2.05) is 58.0 Å². The fraction of sp³-hybridized carbons (Fsp3) is 0.679. The Balaban J connectivity index is 2.55. The predicted octanol–water partition coefficient (Wildman–Crippen LogP) is 4.90. The van der Waals surface area contributed by atoms with Gasteiger partial charge in [-0.15, -0.1) is 0 Å². The number of hydrogen-bond acceptors (Lipinski definition) is 5. The van der Waals surface area contributed by atoms with Crippen molar-refractivity contribution in [2.24, 2.45) is 11.8 Å². The third-order valence-corrected chi connectivity index (χ3v) is 6.86. The van der Waals surface area contributed by atoms with E-state index in [2.05, 4.69) is 24.1 Å². The SMILES string of the molecule is CCC(=O)[C@@H]1C[C@H](C(=O)OC(C)(C)C)N(Cc2ccccc2)[C@H]1[C@H](CC(CC)CC)NC(C)=O. The van der Waals surface area contributed by atoms with Gasteiger partial charge in [0, 0.05) is 37.9 Å². The van der Waals surface area contributed by atoms with Crippen LogP contribution in [0, 0.1) is 11.8 Å². The summed E-state index contributed by atoms with van der Waals surface area (Å²) >= 11 is 0. The first kappa shape index (κ1) is 28.0. The molecule has 0 spiro atoms. The standard InChI is InChI=1S/C28H44N2O4/c1-8-20(9-2)16-23(29-19(4)31)26-22(25(32)10-3)17-24(27(33)34-28(5,6)7)30(26)18-21-14-12-11-13-15-21/h11-15,20,22-24,26H,8-10,16-18H2,1-7H3,(H,29,31)/t22-,23-,24+,26+/m0/s1. The smallest absolute Gasteiger partial charge is 0.323 e. The van der Waals surface area contributed by atoms with Gasteiger partial charge in [0.1, 0.15) is 17.4 Å². The molecule has 1 saturated heterocycles. The molecule has 190 valence electrons. The molecule has 0 radical (unpaired) electrons. The third kappa shape index (κ3) is 7.66. The average molecular weight is 473 g/mol. The van der Waals surface area contributed by atoms with Gasteiger partial charge in [-0.25, -0.2) is 0 Å². The lowest BCUT2D eigenvalue weighted by atomic mass is 9.83. The number of rotatable bonds is 11. The van der Waals surface area contributed by atoms with E-state index in [4.69, 9.17) is 4.74 Å². The van der Waals surface area contributed by atoms with E-state index in [1.54, 1.807) is 0 Å². The Kier molecular flexibility index (Phi) is 10.3. The molecule has 6 nitrogen and oxygen atoms in total. The van der Waals surface area contributed by atoms with Crippen LogP contribution in [0.1, 0.15) is 86.1 Å². The van der Waals surface area contributed by atoms with Crippen LogP contribution in [0.2, 0.25) is 0 Å². The summed E-state index contributed by atoms with van der Waals surface area (Å²) < 4.78 is 5.80. The van der Waals surface area contributed by atoms with Crippen LogP contribution in [-0.2, 0) is 25.7 Å². The molecule has 1 fully saturated rings. The molecule has 0 aromatic heterocycles. The van der Waals surface area contributed by atoms with Crippen molar-refractivity contribution in [2.45, 2.75) is 111 Å². The van der Waals surface area contributed by atoms with Crippen molar-refractivity contribution in [3.05, 3.63) is 35.9 Å². The highest BCUT2D eigenvalue weighted by Gasteiger charge is 2.51. The molecule has 1 aromatic rings. The molecule has 1 aliphatic rings. The minimum absolute atomic E-state index is 0.112. The number of Topliss-reactive ketones (excluding diaryl/α,β-unsaturated/α-hetero) is 1. The van der Waals surface area contributed by atoms with Gasteiger partial charge in [0.15, 0.2) is 0 Å². The number of ether oxygens (including phenoxy) is 1. The van der Waals surface area contributed by atoms with Crippen molar-refractivity contribution in [3.63, 3.8) is 0 Å². The number of hydrogen-bond donors (Lipinski definition) is 1. The van der Waals surface area contributed by atoms with E-state index in [0.717, 1.165) is 24.8 Å². The molecule has 0 bridgehead atoms. The number of nitrogens with zero attached hydrogens (tertiary/aromatic N) is 1. The molecule has 34 heavy (non-hydrogen) atoms. The predicted molar refractivity (Wildman–Crippen MR) is 135 cm³/mol. The van der Waals surface area contributed by atoms with E-state index >= 15 is 0 Å². The van der Waals surface area contributed by atoms with Crippen LogP contribution in [-0.4, -0.2) is 46.3 Å². The maximum absolute atomic E-state index is 13.4. The summed E-state index contributed by atoms with van der Waals surface area (Å²) in [7, 11) is 0. The second-order valence-corrected chi connectivity index (χ2v) is 10.6. The Bertz CT molecular complexity index is 813. The third-order valence-electron chi connectivity index (χ3n) is 6.86. The maximum atomic E-state index is 13.4. The van der Waals surface area contributed by atoms with Crippen molar-refractivity contribution < 1.29 is 19.1 Å². The van der Waals surface area contributed by atoms with Gasteiger partial charge < -0.3 is 10.1 Å². The van der Waals surface area contributed by atoms with Crippen molar-refractivity contribution in [3.8, 4) is 0 Å². The summed E-state index contributed by atoms with van der Waals surface area (Å²) in [5, 5.41) is 3.17. The fourth-order valence-electron chi connectivity index (χ4n) is 5.19. The lowest BCUT2D eigenvalue weighted by molar-refractivity contribution is -0.161. The van der Waals surface area contributed by atoms with Gasteiger partial charge in [-0.1, -0.05) is 63.9 Å². The second kappa shape index (κ2) is 12.5. The van der Waals surface area contributed by atoms with Crippen LogP contribution in [0.25, 0.3) is 0 Å². The lowest BCUT2D eigenvalue weighted by Crippen LogP contribution is -2.55. The average Bonchev–Trinajstić information content (AvgIpc) is 3.14. The molecule has 1 amide bonds. The van der Waals surface area contributed by atoms with Gasteiger partial charge in [0.2, 0.25) is 5.91 Å². The Morgan fingerprint density at radius 1 is 1.09 bits per heavy atom. The molecule has 1 heterocycles. The molecule has 1 aromatic carbocycles. The molecule has 1 N–H and O–H groups in total. The Morgan fingerprint density at radius 3 is 2.21 bits per heavy atom. The van der Waals surface area contributed by atoms with Gasteiger partial charge in [-0.2, -0.15) is 0 Å². The first-order valence-electron chi connectivity index (χ1n) is 12.8. The van der Waals surface area contributed by atoms with Crippen LogP contribution in [0.3, 0.4) is 0 Å². The van der Waals surface area contributed by atoms with Gasteiger partial charge in [-0.05, 0) is 45.1 Å². The molecule has 2 rings (SSSR count). The number of carbonyl (C=O) groups is 3. The zero-order chi connectivity index (χ0) is 25.5. The number of carbonyl (C=O) groups excluding carboxylic acids is 3. The molecule has 6 heteroatoms. The molecule has 1 aliphatic heterocycles. The summed E-state index contributed by atoms with van der Waals surface area (Å²) in [4.78, 5) is 41.0. The number of esters is 1. The van der Waals surface area contributed by atoms with E-state index in [0.29, 0.717) is 25.3 Å². The fourth-order valence-corrected chi connectivity index (χ4v) is 5.19. The number of amides is 1. The van der Waals surface area contributed by atoms with E-state index in [9.17, 15) is 14.4 Å². The van der Waals surface area contributed by atoms with E-state index in [-0.39, 0.29) is 35.7 Å². The van der Waals surface area contributed by atoms with Crippen molar-refractivity contribution in [2.75, 3.05) is 0 Å². The first-order valence-corrected chi connectivity index (χ1v) is 12.8. The van der Waals surface area contributed by atoms with Crippen LogP contribution < -0.4 is 5.32 Å². The molecule has 0 aliphatic carbocycles. The quantitative estimate of drug-likeness (QED) is 0.464. The zero-order valence-electron chi connectivity index (χ0n) is 22.1. The van der Waals surface area contributed by atoms with Crippen LogP contribution in [0.15, 0.2) is 30.3 Å². The molecular formula is C28H44N2O4. The normalized spacial score (nSPS) is 21.9. The minimum Gasteiger partial charge on any atom is -0.459 e. The summed E-state index contributed by atoms with van der Waals surface area (Å²) in [5.74, 6) is -0.192. The van der Waals surface area contributed by atoms with Crippen LogP contribution in [0.5, 0.6) is 0 Å². The highest BCUT2D eigenvalue weighted by Crippen LogP contribution is 2.38. The molecule has 4 atom stereocenters.